The number of nitro benzene ring substituents is 1. The van der Waals surface area contributed by atoms with Crippen molar-refractivity contribution >= 4 is 34.8 Å². The van der Waals surface area contributed by atoms with E-state index in [2.05, 4.69) is 5.32 Å². The van der Waals surface area contributed by atoms with Crippen LogP contribution < -0.4 is 11.1 Å². The van der Waals surface area contributed by atoms with Crippen LogP contribution in [0.5, 0.6) is 0 Å². The first kappa shape index (κ1) is 15.7. The van der Waals surface area contributed by atoms with Crippen LogP contribution in [-0.2, 0) is 0 Å². The highest BCUT2D eigenvalue weighted by atomic mass is 35.5. The van der Waals surface area contributed by atoms with E-state index < -0.39 is 10.8 Å². The zero-order chi connectivity index (χ0) is 14.6. The van der Waals surface area contributed by atoms with Crippen LogP contribution in [0.4, 0.5) is 5.69 Å². The van der Waals surface area contributed by atoms with E-state index in [-0.39, 0.29) is 33.9 Å². The van der Waals surface area contributed by atoms with Crippen molar-refractivity contribution in [2.75, 3.05) is 6.54 Å². The summed E-state index contributed by atoms with van der Waals surface area (Å²) in [6.07, 6.45) is 0.641. The molecule has 1 atom stereocenters. The quantitative estimate of drug-likeness (QED) is 0.644. The number of nitrogens with zero attached hydrogens (tertiary/aromatic N) is 1. The average Bonchev–Trinajstić information content (AvgIpc) is 2.38. The minimum Gasteiger partial charge on any atom is -0.348 e. The second-order valence-electron chi connectivity index (χ2n) is 3.86. The molecule has 0 aliphatic carbocycles. The molecule has 0 radical (unpaired) electrons. The number of hydrogen-bond acceptors (Lipinski definition) is 4. The molecule has 19 heavy (non-hydrogen) atoms. The summed E-state index contributed by atoms with van der Waals surface area (Å²) in [5, 5.41) is 13.3. The van der Waals surface area contributed by atoms with Crippen LogP contribution in [-0.4, -0.2) is 23.4 Å². The van der Waals surface area contributed by atoms with Gasteiger partial charge in [-0.15, -0.1) is 0 Å². The number of non-ortho nitro benzene ring substituents is 1. The molecule has 8 heteroatoms. The van der Waals surface area contributed by atoms with Crippen LogP contribution >= 0.6 is 23.2 Å². The van der Waals surface area contributed by atoms with Gasteiger partial charge in [-0.2, -0.15) is 0 Å². The maximum atomic E-state index is 12.0. The van der Waals surface area contributed by atoms with E-state index >= 15 is 0 Å². The van der Waals surface area contributed by atoms with Crippen LogP contribution in [0.1, 0.15) is 23.7 Å². The van der Waals surface area contributed by atoms with Gasteiger partial charge >= 0.3 is 0 Å². The van der Waals surface area contributed by atoms with Crippen LogP contribution in [0, 0.1) is 10.1 Å². The molecule has 0 aliphatic rings. The van der Waals surface area contributed by atoms with Crippen LogP contribution in [0.2, 0.25) is 10.0 Å². The summed E-state index contributed by atoms with van der Waals surface area (Å²) in [6, 6.07) is 1.97. The highest BCUT2D eigenvalue weighted by molar-refractivity contribution is 6.44. The Balaban J connectivity index is 3.11. The van der Waals surface area contributed by atoms with E-state index in [1.54, 1.807) is 0 Å². The molecule has 1 amide bonds. The minimum atomic E-state index is -0.640. The summed E-state index contributed by atoms with van der Waals surface area (Å²) in [6.45, 7) is 2.13. The lowest BCUT2D eigenvalue weighted by atomic mass is 10.1. The van der Waals surface area contributed by atoms with Crippen molar-refractivity contribution < 1.29 is 9.72 Å². The summed E-state index contributed by atoms with van der Waals surface area (Å²) in [4.78, 5) is 22.1. The van der Waals surface area contributed by atoms with E-state index in [4.69, 9.17) is 28.9 Å². The Bertz CT molecular complexity index is 504. The van der Waals surface area contributed by atoms with E-state index in [1.807, 2.05) is 6.92 Å². The Kier molecular flexibility index (Phi) is 5.53. The van der Waals surface area contributed by atoms with Gasteiger partial charge in [0.05, 0.1) is 20.5 Å². The predicted molar refractivity (Wildman–Crippen MR) is 73.7 cm³/mol. The SMILES string of the molecule is CCC(CN)NC(=O)c1cc([N+](=O)[O-])cc(Cl)c1Cl. The molecule has 1 aromatic rings. The Hall–Kier alpha value is -1.37. The number of hydrogen-bond donors (Lipinski definition) is 2. The van der Waals surface area contributed by atoms with Crippen molar-refractivity contribution in [1.29, 1.82) is 0 Å². The van der Waals surface area contributed by atoms with E-state index in [0.29, 0.717) is 6.42 Å². The zero-order valence-corrected chi connectivity index (χ0v) is 11.7. The average molecular weight is 306 g/mol. The van der Waals surface area contributed by atoms with Gasteiger partial charge in [0.15, 0.2) is 0 Å². The van der Waals surface area contributed by atoms with Gasteiger partial charge in [-0.05, 0) is 6.42 Å². The van der Waals surface area contributed by atoms with Crippen molar-refractivity contribution in [2.45, 2.75) is 19.4 Å². The summed E-state index contributed by atoms with van der Waals surface area (Å²) >= 11 is 11.7. The molecular formula is C11H13Cl2N3O3. The summed E-state index contributed by atoms with van der Waals surface area (Å²) in [5.41, 5.74) is 5.15. The highest BCUT2D eigenvalue weighted by Gasteiger charge is 2.20. The van der Waals surface area contributed by atoms with Crippen molar-refractivity contribution in [1.82, 2.24) is 5.32 Å². The number of nitrogens with one attached hydrogen (secondary N) is 1. The number of benzene rings is 1. The molecule has 0 fully saturated rings. The number of halogens is 2. The maximum absolute atomic E-state index is 12.0. The number of carbonyl (C=O) groups is 1. The first-order valence-corrected chi connectivity index (χ1v) is 6.30. The molecule has 6 nitrogen and oxygen atoms in total. The van der Waals surface area contributed by atoms with Crippen LogP contribution in [0.15, 0.2) is 12.1 Å². The molecule has 1 rings (SSSR count). The number of amides is 1. The molecule has 1 unspecified atom stereocenters. The Labute approximate surface area is 120 Å². The Morgan fingerprint density at radius 1 is 1.53 bits per heavy atom. The normalized spacial score (nSPS) is 12.0. The first-order chi connectivity index (χ1) is 8.90. The molecule has 0 aromatic heterocycles. The van der Waals surface area contributed by atoms with Gasteiger partial charge in [-0.3, -0.25) is 14.9 Å². The second kappa shape index (κ2) is 6.70. The molecule has 0 saturated carbocycles. The third kappa shape index (κ3) is 3.79. The Morgan fingerprint density at radius 2 is 2.16 bits per heavy atom. The number of nitro groups is 1. The maximum Gasteiger partial charge on any atom is 0.271 e. The Morgan fingerprint density at radius 3 is 2.63 bits per heavy atom. The number of nitrogens with two attached hydrogens (primary N) is 1. The molecule has 104 valence electrons. The fraction of sp³-hybridized carbons (Fsp3) is 0.364. The van der Waals surface area contributed by atoms with Crippen molar-refractivity contribution in [2.24, 2.45) is 5.73 Å². The van der Waals surface area contributed by atoms with Gasteiger partial charge in [0.1, 0.15) is 0 Å². The van der Waals surface area contributed by atoms with E-state index in [0.717, 1.165) is 12.1 Å². The lowest BCUT2D eigenvalue weighted by Gasteiger charge is -2.15. The summed E-state index contributed by atoms with van der Waals surface area (Å²) < 4.78 is 0. The molecule has 0 bridgehead atoms. The predicted octanol–water partition coefficient (Wildman–Crippen LogP) is 2.37. The van der Waals surface area contributed by atoms with Crippen molar-refractivity contribution in [3.8, 4) is 0 Å². The molecule has 0 heterocycles. The van der Waals surface area contributed by atoms with Gasteiger partial charge in [0.25, 0.3) is 11.6 Å². The standard InChI is InChI=1S/C11H13Cl2N3O3/c1-2-6(5-14)15-11(17)8-3-7(16(18)19)4-9(12)10(8)13/h3-4,6H,2,5,14H2,1H3,(H,15,17). The minimum absolute atomic E-state index is 0.0170. The van der Waals surface area contributed by atoms with Crippen LogP contribution in [0.3, 0.4) is 0 Å². The third-order valence-electron chi connectivity index (χ3n) is 2.58. The second-order valence-corrected chi connectivity index (χ2v) is 4.65. The molecule has 1 aromatic carbocycles. The zero-order valence-electron chi connectivity index (χ0n) is 10.2. The first-order valence-electron chi connectivity index (χ1n) is 5.55. The molecule has 3 N–H and O–H groups in total. The monoisotopic (exact) mass is 305 g/mol. The molecule has 0 aliphatic heterocycles. The summed E-state index contributed by atoms with van der Waals surface area (Å²) in [5.74, 6) is -0.534. The van der Waals surface area contributed by atoms with Gasteiger partial charge in [-0.25, -0.2) is 0 Å². The topological polar surface area (TPSA) is 98.3 Å². The number of carbonyl (C=O) groups excluding carboxylic acids is 1. The molecule has 0 saturated heterocycles. The highest BCUT2D eigenvalue weighted by Crippen LogP contribution is 2.30. The van der Waals surface area contributed by atoms with Crippen molar-refractivity contribution in [3.63, 3.8) is 0 Å². The van der Waals surface area contributed by atoms with Gasteiger partial charge in [0, 0.05) is 24.7 Å². The fourth-order valence-electron chi connectivity index (χ4n) is 1.44. The molecular weight excluding hydrogens is 293 g/mol. The number of rotatable bonds is 5. The van der Waals surface area contributed by atoms with Gasteiger partial charge in [-0.1, -0.05) is 30.1 Å². The van der Waals surface area contributed by atoms with Crippen molar-refractivity contribution in [3.05, 3.63) is 37.9 Å². The van der Waals surface area contributed by atoms with Crippen LogP contribution in [0.25, 0.3) is 0 Å². The smallest absolute Gasteiger partial charge is 0.271 e. The third-order valence-corrected chi connectivity index (χ3v) is 3.38. The van der Waals surface area contributed by atoms with E-state index in [1.165, 1.54) is 0 Å². The molecule has 0 spiro atoms. The lowest BCUT2D eigenvalue weighted by Crippen LogP contribution is -2.39. The van der Waals surface area contributed by atoms with Gasteiger partial charge in [0.2, 0.25) is 0 Å². The lowest BCUT2D eigenvalue weighted by molar-refractivity contribution is -0.384. The largest absolute Gasteiger partial charge is 0.348 e. The fourth-order valence-corrected chi connectivity index (χ4v) is 1.84. The summed E-state index contributed by atoms with van der Waals surface area (Å²) in [7, 11) is 0. The van der Waals surface area contributed by atoms with E-state index in [9.17, 15) is 14.9 Å². The van der Waals surface area contributed by atoms with Gasteiger partial charge < -0.3 is 11.1 Å².